The van der Waals surface area contributed by atoms with Gasteiger partial charge < -0.3 is 14.9 Å². The standard InChI is InChI=1S/C19H16ClNO4S/c20-15-8-12(6-7-16(15)25-11-14(23)10-22)9-17-18(24)21-19(26-17)13-4-2-1-3-5-13/h1-9,14,22-23H,10-11H2/b17-9-/t14-/m1/s1. The van der Waals surface area contributed by atoms with Gasteiger partial charge in [-0.15, -0.1) is 0 Å². The molecule has 1 atom stereocenters. The van der Waals surface area contributed by atoms with Crippen LogP contribution in [0.3, 0.4) is 0 Å². The molecule has 0 aromatic heterocycles. The lowest BCUT2D eigenvalue weighted by atomic mass is 10.2. The minimum Gasteiger partial charge on any atom is -0.489 e. The van der Waals surface area contributed by atoms with E-state index >= 15 is 0 Å². The number of ether oxygens (including phenoxy) is 1. The van der Waals surface area contributed by atoms with Crippen LogP contribution in [0.25, 0.3) is 6.08 Å². The Morgan fingerprint density at radius 2 is 2.00 bits per heavy atom. The van der Waals surface area contributed by atoms with Gasteiger partial charge in [0.15, 0.2) is 0 Å². The van der Waals surface area contributed by atoms with Gasteiger partial charge in [0.05, 0.1) is 16.5 Å². The van der Waals surface area contributed by atoms with Crippen molar-refractivity contribution < 1.29 is 19.7 Å². The minimum absolute atomic E-state index is 0.0563. The zero-order chi connectivity index (χ0) is 18.5. The molecule has 0 saturated heterocycles. The van der Waals surface area contributed by atoms with E-state index in [-0.39, 0.29) is 19.1 Å². The van der Waals surface area contributed by atoms with E-state index in [0.29, 0.717) is 20.7 Å². The van der Waals surface area contributed by atoms with E-state index in [4.69, 9.17) is 21.4 Å². The second kappa shape index (κ2) is 8.51. The smallest absolute Gasteiger partial charge is 0.284 e. The van der Waals surface area contributed by atoms with Gasteiger partial charge in [-0.2, -0.15) is 0 Å². The van der Waals surface area contributed by atoms with Gasteiger partial charge in [-0.3, -0.25) is 4.79 Å². The fraction of sp³-hybridized carbons (Fsp3) is 0.158. The van der Waals surface area contributed by atoms with Crippen molar-refractivity contribution in [3.05, 3.63) is 69.6 Å². The number of carbonyl (C=O) groups is 1. The largest absolute Gasteiger partial charge is 0.489 e. The molecule has 3 rings (SSSR count). The van der Waals surface area contributed by atoms with Crippen molar-refractivity contribution in [1.29, 1.82) is 0 Å². The molecule has 0 radical (unpaired) electrons. The molecule has 0 fully saturated rings. The first-order valence-corrected chi connectivity index (χ1v) is 9.05. The van der Waals surface area contributed by atoms with Crippen molar-refractivity contribution in [3.8, 4) is 5.75 Å². The summed E-state index contributed by atoms with van der Waals surface area (Å²) in [5.41, 5.74) is 1.64. The molecule has 7 heteroatoms. The summed E-state index contributed by atoms with van der Waals surface area (Å²) >= 11 is 7.50. The highest BCUT2D eigenvalue weighted by atomic mass is 35.5. The summed E-state index contributed by atoms with van der Waals surface area (Å²) in [6.07, 6.45) is 0.763. The van der Waals surface area contributed by atoms with E-state index in [0.717, 1.165) is 11.1 Å². The van der Waals surface area contributed by atoms with Crippen molar-refractivity contribution in [2.45, 2.75) is 6.10 Å². The molecule has 0 saturated carbocycles. The van der Waals surface area contributed by atoms with E-state index < -0.39 is 6.10 Å². The third-order valence-corrected chi connectivity index (χ3v) is 4.87. The summed E-state index contributed by atoms with van der Waals surface area (Å²) in [5.74, 6) is 0.115. The van der Waals surface area contributed by atoms with Crippen molar-refractivity contribution in [2.24, 2.45) is 4.99 Å². The summed E-state index contributed by atoms with van der Waals surface area (Å²) in [5, 5.41) is 19.1. The number of nitrogens with zero attached hydrogens (tertiary/aromatic N) is 1. The summed E-state index contributed by atoms with van der Waals surface area (Å²) in [4.78, 5) is 16.8. The van der Waals surface area contributed by atoms with Gasteiger partial charge in [0.2, 0.25) is 0 Å². The second-order valence-corrected chi connectivity index (χ2v) is 6.97. The number of hydrogen-bond acceptors (Lipinski definition) is 5. The average molecular weight is 390 g/mol. The number of halogens is 1. The molecule has 2 aromatic rings. The van der Waals surface area contributed by atoms with Crippen LogP contribution in [-0.2, 0) is 4.79 Å². The number of rotatable bonds is 6. The first-order valence-electron chi connectivity index (χ1n) is 7.86. The maximum absolute atomic E-state index is 12.1. The number of hydrogen-bond donors (Lipinski definition) is 2. The van der Waals surface area contributed by atoms with Crippen LogP contribution < -0.4 is 4.74 Å². The Hall–Kier alpha value is -2.12. The van der Waals surface area contributed by atoms with Crippen molar-refractivity contribution >= 4 is 40.4 Å². The number of amides is 1. The highest BCUT2D eigenvalue weighted by molar-refractivity contribution is 8.19. The van der Waals surface area contributed by atoms with Crippen LogP contribution in [-0.4, -0.2) is 40.5 Å². The molecule has 0 spiro atoms. The molecule has 26 heavy (non-hydrogen) atoms. The molecular formula is C19H16ClNO4S. The maximum Gasteiger partial charge on any atom is 0.284 e. The summed E-state index contributed by atoms with van der Waals surface area (Å²) in [7, 11) is 0. The molecule has 0 aliphatic carbocycles. The Morgan fingerprint density at radius 1 is 1.23 bits per heavy atom. The van der Waals surface area contributed by atoms with E-state index in [1.165, 1.54) is 11.8 Å². The fourth-order valence-electron chi connectivity index (χ4n) is 2.23. The van der Waals surface area contributed by atoms with Gasteiger partial charge in [0.25, 0.3) is 5.91 Å². The Balaban J connectivity index is 1.73. The number of aliphatic hydroxyl groups excluding tert-OH is 2. The van der Waals surface area contributed by atoms with Crippen LogP contribution >= 0.6 is 23.4 Å². The molecule has 1 heterocycles. The summed E-state index contributed by atoms with van der Waals surface area (Å²) in [6.45, 7) is -0.440. The van der Waals surface area contributed by atoms with Crippen molar-refractivity contribution in [2.75, 3.05) is 13.2 Å². The van der Waals surface area contributed by atoms with Crippen LogP contribution in [0.4, 0.5) is 0 Å². The maximum atomic E-state index is 12.1. The first kappa shape index (κ1) is 18.7. The zero-order valence-corrected chi connectivity index (χ0v) is 15.2. The Morgan fingerprint density at radius 3 is 2.69 bits per heavy atom. The SMILES string of the molecule is O=C1N=C(c2ccccc2)S/C1=C\c1ccc(OC[C@H](O)CO)c(Cl)c1. The quantitative estimate of drug-likeness (QED) is 0.742. The van der Waals surface area contributed by atoms with Gasteiger partial charge in [0.1, 0.15) is 23.5 Å². The zero-order valence-electron chi connectivity index (χ0n) is 13.6. The lowest BCUT2D eigenvalue weighted by molar-refractivity contribution is -0.113. The number of benzene rings is 2. The number of carbonyl (C=O) groups excluding carboxylic acids is 1. The van der Waals surface area contributed by atoms with E-state index in [1.807, 2.05) is 30.3 Å². The van der Waals surface area contributed by atoms with Crippen LogP contribution in [0.2, 0.25) is 5.02 Å². The van der Waals surface area contributed by atoms with Gasteiger partial charge in [-0.25, -0.2) is 4.99 Å². The van der Waals surface area contributed by atoms with Gasteiger partial charge >= 0.3 is 0 Å². The van der Waals surface area contributed by atoms with E-state index in [2.05, 4.69) is 4.99 Å². The number of thioether (sulfide) groups is 1. The lowest BCUT2D eigenvalue weighted by Crippen LogP contribution is -2.21. The molecule has 2 N–H and O–H groups in total. The third-order valence-electron chi connectivity index (χ3n) is 3.54. The van der Waals surface area contributed by atoms with Gasteiger partial charge in [-0.1, -0.05) is 59.8 Å². The normalized spacial score (nSPS) is 16.7. The Bertz CT molecular complexity index is 867. The molecule has 2 aromatic carbocycles. The lowest BCUT2D eigenvalue weighted by Gasteiger charge is -2.11. The predicted molar refractivity (Wildman–Crippen MR) is 104 cm³/mol. The first-order chi connectivity index (χ1) is 12.6. The average Bonchev–Trinajstić information content (AvgIpc) is 3.02. The van der Waals surface area contributed by atoms with Crippen LogP contribution in [0.1, 0.15) is 11.1 Å². The van der Waals surface area contributed by atoms with Crippen LogP contribution in [0.5, 0.6) is 5.75 Å². The third kappa shape index (κ3) is 4.53. The number of aliphatic hydroxyl groups is 2. The van der Waals surface area contributed by atoms with E-state index in [9.17, 15) is 9.90 Å². The molecule has 134 valence electrons. The topological polar surface area (TPSA) is 79.1 Å². The Labute approximate surface area is 160 Å². The molecule has 0 bridgehead atoms. The summed E-state index contributed by atoms with van der Waals surface area (Å²) in [6, 6.07) is 14.6. The highest BCUT2D eigenvalue weighted by Gasteiger charge is 2.22. The van der Waals surface area contributed by atoms with Crippen molar-refractivity contribution in [1.82, 2.24) is 0 Å². The summed E-state index contributed by atoms with van der Waals surface area (Å²) < 4.78 is 5.35. The van der Waals surface area contributed by atoms with E-state index in [1.54, 1.807) is 24.3 Å². The van der Waals surface area contributed by atoms with Crippen LogP contribution in [0, 0.1) is 0 Å². The van der Waals surface area contributed by atoms with Crippen LogP contribution in [0.15, 0.2) is 58.4 Å². The Kier molecular flexibility index (Phi) is 6.11. The van der Waals surface area contributed by atoms with Crippen molar-refractivity contribution in [3.63, 3.8) is 0 Å². The molecule has 1 aliphatic rings. The van der Waals surface area contributed by atoms with Gasteiger partial charge in [0, 0.05) is 5.56 Å². The number of aliphatic imine (C=N–C) groups is 1. The van der Waals surface area contributed by atoms with Gasteiger partial charge in [-0.05, 0) is 23.8 Å². The minimum atomic E-state index is -0.964. The highest BCUT2D eigenvalue weighted by Crippen LogP contribution is 2.33. The predicted octanol–water partition coefficient (Wildman–Crippen LogP) is 3.13. The fourth-order valence-corrected chi connectivity index (χ4v) is 3.39. The molecule has 0 unspecified atom stereocenters. The molecule has 5 nitrogen and oxygen atoms in total. The molecule has 1 amide bonds. The monoisotopic (exact) mass is 389 g/mol. The second-order valence-electron chi connectivity index (χ2n) is 5.54. The molecule has 1 aliphatic heterocycles. The molecular weight excluding hydrogens is 374 g/mol.